The van der Waals surface area contributed by atoms with Crippen LogP contribution in [-0.2, 0) is 0 Å². The minimum atomic E-state index is -0.0537. The first-order chi connectivity index (χ1) is 7.58. The number of halogens is 1. The maximum atomic E-state index is 11.2. The molecule has 2 rings (SSSR count). The van der Waals surface area contributed by atoms with E-state index >= 15 is 0 Å². The molecule has 1 aromatic carbocycles. The van der Waals surface area contributed by atoms with Crippen LogP contribution >= 0.6 is 11.6 Å². The standard InChI is InChI=1S/C13H12ClNO/c1-8-3-4-10(6-12(8)14)11-5-9(2)13(16)15-7-11/h3-7H,1-2H3,(H,15,16). The van der Waals surface area contributed by atoms with Gasteiger partial charge in [-0.25, -0.2) is 0 Å². The SMILES string of the molecule is Cc1ccc(-c2c[nH]c(=O)c(C)c2)cc1Cl. The lowest BCUT2D eigenvalue weighted by molar-refractivity contribution is 1.18. The Morgan fingerprint density at radius 1 is 1.06 bits per heavy atom. The van der Waals surface area contributed by atoms with E-state index in [1.165, 1.54) is 0 Å². The van der Waals surface area contributed by atoms with Crippen molar-refractivity contribution in [3.8, 4) is 11.1 Å². The molecule has 0 aliphatic carbocycles. The minimum Gasteiger partial charge on any atom is -0.328 e. The van der Waals surface area contributed by atoms with Gasteiger partial charge in [-0.3, -0.25) is 4.79 Å². The molecule has 2 nitrogen and oxygen atoms in total. The van der Waals surface area contributed by atoms with Crippen LogP contribution in [-0.4, -0.2) is 4.98 Å². The third kappa shape index (κ3) is 2.02. The number of pyridine rings is 1. The molecule has 0 atom stereocenters. The molecule has 0 aliphatic rings. The van der Waals surface area contributed by atoms with E-state index in [0.29, 0.717) is 5.56 Å². The van der Waals surface area contributed by atoms with Gasteiger partial charge in [-0.15, -0.1) is 0 Å². The summed E-state index contributed by atoms with van der Waals surface area (Å²) in [5.41, 5.74) is 3.68. The Kier molecular flexibility index (Phi) is 2.84. The highest BCUT2D eigenvalue weighted by molar-refractivity contribution is 6.31. The summed E-state index contributed by atoms with van der Waals surface area (Å²) in [5, 5.41) is 0.737. The second kappa shape index (κ2) is 4.14. The molecular formula is C13H12ClNO. The molecule has 0 unspecified atom stereocenters. The maximum Gasteiger partial charge on any atom is 0.250 e. The lowest BCUT2D eigenvalue weighted by atomic mass is 10.0. The van der Waals surface area contributed by atoms with Crippen molar-refractivity contribution in [1.82, 2.24) is 4.98 Å². The Labute approximate surface area is 98.9 Å². The molecule has 0 bridgehead atoms. The third-order valence-electron chi connectivity index (χ3n) is 2.59. The van der Waals surface area contributed by atoms with E-state index in [9.17, 15) is 4.79 Å². The summed E-state index contributed by atoms with van der Waals surface area (Å²) in [4.78, 5) is 13.9. The zero-order valence-corrected chi connectivity index (χ0v) is 9.93. The number of nitrogens with one attached hydrogen (secondary N) is 1. The van der Waals surface area contributed by atoms with E-state index in [-0.39, 0.29) is 5.56 Å². The molecule has 0 amide bonds. The molecule has 1 aromatic heterocycles. The van der Waals surface area contributed by atoms with Crippen molar-refractivity contribution in [2.24, 2.45) is 0 Å². The van der Waals surface area contributed by atoms with Crippen molar-refractivity contribution in [1.29, 1.82) is 0 Å². The fourth-order valence-electron chi connectivity index (χ4n) is 1.54. The number of hydrogen-bond donors (Lipinski definition) is 1. The molecule has 1 N–H and O–H groups in total. The number of aromatic amines is 1. The molecule has 0 radical (unpaired) electrons. The van der Waals surface area contributed by atoms with Gasteiger partial charge in [0, 0.05) is 16.8 Å². The smallest absolute Gasteiger partial charge is 0.250 e. The fourth-order valence-corrected chi connectivity index (χ4v) is 1.72. The minimum absolute atomic E-state index is 0.0537. The van der Waals surface area contributed by atoms with Gasteiger partial charge < -0.3 is 4.98 Å². The molecular weight excluding hydrogens is 222 g/mol. The second-order valence-corrected chi connectivity index (χ2v) is 4.27. The normalized spacial score (nSPS) is 10.4. The summed E-state index contributed by atoms with van der Waals surface area (Å²) in [6, 6.07) is 7.73. The van der Waals surface area contributed by atoms with Crippen LogP contribution < -0.4 is 5.56 Å². The zero-order valence-electron chi connectivity index (χ0n) is 9.17. The molecule has 16 heavy (non-hydrogen) atoms. The number of aryl methyl sites for hydroxylation is 2. The molecule has 0 aliphatic heterocycles. The van der Waals surface area contributed by atoms with Crippen molar-refractivity contribution >= 4 is 11.6 Å². The van der Waals surface area contributed by atoms with Gasteiger partial charge in [-0.2, -0.15) is 0 Å². The van der Waals surface area contributed by atoms with Gasteiger partial charge in [0.25, 0.3) is 5.56 Å². The number of aromatic nitrogens is 1. The molecule has 0 saturated carbocycles. The predicted octanol–water partition coefficient (Wildman–Crippen LogP) is 3.31. The highest BCUT2D eigenvalue weighted by Gasteiger charge is 2.02. The Morgan fingerprint density at radius 3 is 2.44 bits per heavy atom. The Balaban J connectivity index is 2.54. The van der Waals surface area contributed by atoms with E-state index in [1.807, 2.05) is 31.2 Å². The van der Waals surface area contributed by atoms with Crippen LogP contribution in [0.2, 0.25) is 5.02 Å². The quantitative estimate of drug-likeness (QED) is 0.805. The molecule has 0 saturated heterocycles. The average Bonchev–Trinajstić information content (AvgIpc) is 2.26. The predicted molar refractivity (Wildman–Crippen MR) is 67.0 cm³/mol. The van der Waals surface area contributed by atoms with Gasteiger partial charge in [-0.1, -0.05) is 23.7 Å². The first kappa shape index (κ1) is 11.0. The summed E-state index contributed by atoms with van der Waals surface area (Å²) in [6.07, 6.45) is 1.70. The number of rotatable bonds is 1. The Hall–Kier alpha value is -1.54. The number of H-pyrrole nitrogens is 1. The van der Waals surface area contributed by atoms with Crippen LogP contribution in [0.4, 0.5) is 0 Å². The van der Waals surface area contributed by atoms with Crippen LogP contribution in [0.5, 0.6) is 0 Å². The van der Waals surface area contributed by atoms with Crippen molar-refractivity contribution < 1.29 is 0 Å². The molecule has 3 heteroatoms. The van der Waals surface area contributed by atoms with Crippen LogP contribution in [0.25, 0.3) is 11.1 Å². The molecule has 2 aromatic rings. The fraction of sp³-hybridized carbons (Fsp3) is 0.154. The Morgan fingerprint density at radius 2 is 1.81 bits per heavy atom. The maximum absolute atomic E-state index is 11.2. The van der Waals surface area contributed by atoms with Gasteiger partial charge in [0.1, 0.15) is 0 Å². The first-order valence-corrected chi connectivity index (χ1v) is 5.41. The molecule has 0 spiro atoms. The summed E-state index contributed by atoms with van der Waals surface area (Å²) >= 11 is 6.06. The monoisotopic (exact) mass is 233 g/mol. The molecule has 82 valence electrons. The highest BCUT2D eigenvalue weighted by atomic mass is 35.5. The van der Waals surface area contributed by atoms with E-state index in [0.717, 1.165) is 21.7 Å². The van der Waals surface area contributed by atoms with E-state index in [2.05, 4.69) is 4.98 Å². The van der Waals surface area contributed by atoms with Gasteiger partial charge >= 0.3 is 0 Å². The number of hydrogen-bond acceptors (Lipinski definition) is 1. The summed E-state index contributed by atoms with van der Waals surface area (Å²) in [6.45, 7) is 3.75. The zero-order chi connectivity index (χ0) is 11.7. The largest absolute Gasteiger partial charge is 0.328 e. The van der Waals surface area contributed by atoms with Crippen molar-refractivity contribution in [3.63, 3.8) is 0 Å². The van der Waals surface area contributed by atoms with E-state index in [1.54, 1.807) is 13.1 Å². The van der Waals surface area contributed by atoms with E-state index in [4.69, 9.17) is 11.6 Å². The van der Waals surface area contributed by atoms with E-state index < -0.39 is 0 Å². The summed E-state index contributed by atoms with van der Waals surface area (Å²) in [5.74, 6) is 0. The summed E-state index contributed by atoms with van der Waals surface area (Å²) in [7, 11) is 0. The second-order valence-electron chi connectivity index (χ2n) is 3.86. The van der Waals surface area contributed by atoms with Gasteiger partial charge in [0.2, 0.25) is 0 Å². The van der Waals surface area contributed by atoms with Crippen molar-refractivity contribution in [2.75, 3.05) is 0 Å². The van der Waals surface area contributed by atoms with Crippen LogP contribution in [0, 0.1) is 13.8 Å². The van der Waals surface area contributed by atoms with Crippen LogP contribution in [0.15, 0.2) is 35.3 Å². The van der Waals surface area contributed by atoms with Crippen molar-refractivity contribution in [2.45, 2.75) is 13.8 Å². The Bertz CT molecular complexity index is 587. The van der Waals surface area contributed by atoms with Crippen LogP contribution in [0.1, 0.15) is 11.1 Å². The molecule has 1 heterocycles. The average molecular weight is 234 g/mol. The van der Waals surface area contributed by atoms with Gasteiger partial charge in [-0.05, 0) is 42.7 Å². The summed E-state index contributed by atoms with van der Waals surface area (Å²) < 4.78 is 0. The number of benzene rings is 1. The van der Waals surface area contributed by atoms with Crippen molar-refractivity contribution in [3.05, 3.63) is 57.0 Å². The lowest BCUT2D eigenvalue weighted by Crippen LogP contribution is -2.07. The first-order valence-electron chi connectivity index (χ1n) is 5.04. The van der Waals surface area contributed by atoms with Gasteiger partial charge in [0.05, 0.1) is 0 Å². The van der Waals surface area contributed by atoms with Crippen LogP contribution in [0.3, 0.4) is 0 Å². The topological polar surface area (TPSA) is 32.9 Å². The molecule has 0 fully saturated rings. The third-order valence-corrected chi connectivity index (χ3v) is 3.00. The lowest BCUT2D eigenvalue weighted by Gasteiger charge is -2.04. The van der Waals surface area contributed by atoms with Gasteiger partial charge in [0.15, 0.2) is 0 Å². The highest BCUT2D eigenvalue weighted by Crippen LogP contribution is 2.24.